The van der Waals surface area contributed by atoms with Gasteiger partial charge in [0.05, 0.1) is 7.11 Å². The Hall–Kier alpha value is -0.900. The average molecular weight is 313 g/mol. The van der Waals surface area contributed by atoms with Crippen molar-refractivity contribution in [1.82, 2.24) is 0 Å². The minimum Gasteiger partial charge on any atom is -0.468 e. The molecule has 2 N–H and O–H groups in total. The maximum Gasteiger partial charge on any atom is 0.330 e. The average Bonchev–Trinajstić information content (AvgIpc) is 2.50. The summed E-state index contributed by atoms with van der Waals surface area (Å²) in [6.45, 7) is 4.56. The Morgan fingerprint density at radius 3 is 1.77 bits per heavy atom. The van der Waals surface area contributed by atoms with Gasteiger partial charge in [-0.25, -0.2) is 4.79 Å². The molecule has 0 aromatic rings. The topological polar surface area (TPSA) is 69.4 Å². The third-order valence-corrected chi connectivity index (χ3v) is 4.01. The summed E-state index contributed by atoms with van der Waals surface area (Å²) in [7, 11) is 1.25. The van der Waals surface area contributed by atoms with Crippen LogP contribution in [0.3, 0.4) is 0 Å². The quantitative estimate of drug-likeness (QED) is 0.299. The van der Waals surface area contributed by atoms with Crippen molar-refractivity contribution >= 4 is 11.8 Å². The Morgan fingerprint density at radius 2 is 1.32 bits per heavy atom. The van der Waals surface area contributed by atoms with Crippen molar-refractivity contribution in [1.29, 1.82) is 0 Å². The number of nitrogens with two attached hydrogens (primary N) is 1. The Morgan fingerprint density at radius 1 is 0.864 bits per heavy atom. The normalized spacial score (nSPS) is 12.4. The second-order valence-electron chi connectivity index (χ2n) is 6.58. The predicted octanol–water partition coefficient (Wildman–Crippen LogP) is 4.00. The first-order valence-electron chi connectivity index (χ1n) is 8.85. The molecule has 0 spiro atoms. The largest absolute Gasteiger partial charge is 0.468 e. The molecule has 0 fully saturated rings. The number of ether oxygens (including phenoxy) is 1. The van der Waals surface area contributed by atoms with Gasteiger partial charge in [0.25, 0.3) is 0 Å². The summed E-state index contributed by atoms with van der Waals surface area (Å²) in [6, 6.07) is -1.10. The van der Waals surface area contributed by atoms with Crippen LogP contribution in [0.2, 0.25) is 0 Å². The lowest BCUT2D eigenvalue weighted by atomic mass is 10.0. The fourth-order valence-electron chi connectivity index (χ4n) is 2.50. The van der Waals surface area contributed by atoms with E-state index in [2.05, 4.69) is 18.6 Å². The highest BCUT2D eigenvalue weighted by molar-refractivity contribution is 6.02. The number of ketones is 1. The summed E-state index contributed by atoms with van der Waals surface area (Å²) >= 11 is 0. The Balaban J connectivity index is 3.33. The van der Waals surface area contributed by atoms with Gasteiger partial charge in [0.1, 0.15) is 0 Å². The molecule has 0 aromatic heterocycles. The highest BCUT2D eigenvalue weighted by Gasteiger charge is 2.21. The molecule has 0 heterocycles. The van der Waals surface area contributed by atoms with Crippen molar-refractivity contribution in [2.45, 2.75) is 90.5 Å². The summed E-state index contributed by atoms with van der Waals surface area (Å²) in [6.07, 6.45) is 12.7. The Labute approximate surface area is 136 Å². The van der Waals surface area contributed by atoms with E-state index in [9.17, 15) is 9.59 Å². The molecule has 0 aliphatic carbocycles. The standard InChI is InChI=1S/C18H35NO3/c1-15(2)13-11-9-7-5-4-6-8-10-12-14-16(20)17(19)18(21)22-3/h15,17H,4-14,19H2,1-3H3. The van der Waals surface area contributed by atoms with Gasteiger partial charge in [-0.15, -0.1) is 0 Å². The molecule has 0 bridgehead atoms. The van der Waals surface area contributed by atoms with Crippen molar-refractivity contribution < 1.29 is 14.3 Å². The lowest BCUT2D eigenvalue weighted by molar-refractivity contribution is -0.145. The number of Topliss-reactive ketones (excluding diaryl/α,β-unsaturated/α-hetero) is 1. The summed E-state index contributed by atoms with van der Waals surface area (Å²) < 4.78 is 4.46. The first-order chi connectivity index (χ1) is 10.5. The molecule has 4 nitrogen and oxygen atoms in total. The summed E-state index contributed by atoms with van der Waals surface area (Å²) in [5.74, 6) is -0.0190. The molecule has 0 radical (unpaired) electrons. The van der Waals surface area contributed by atoms with Crippen molar-refractivity contribution in [3.63, 3.8) is 0 Å². The first kappa shape index (κ1) is 21.1. The Bertz CT molecular complexity index is 303. The molecule has 0 aliphatic rings. The molecule has 0 rings (SSSR count). The van der Waals surface area contributed by atoms with Gasteiger partial charge in [-0.1, -0.05) is 71.6 Å². The van der Waals surface area contributed by atoms with Gasteiger partial charge in [-0.3, -0.25) is 4.79 Å². The van der Waals surface area contributed by atoms with Crippen LogP contribution < -0.4 is 5.73 Å². The molecule has 4 heteroatoms. The van der Waals surface area contributed by atoms with E-state index >= 15 is 0 Å². The third-order valence-electron chi connectivity index (χ3n) is 4.01. The Kier molecular flexibility index (Phi) is 13.2. The smallest absolute Gasteiger partial charge is 0.330 e. The molecule has 130 valence electrons. The number of rotatable bonds is 14. The fraction of sp³-hybridized carbons (Fsp3) is 0.889. The molecule has 0 aromatic carbocycles. The van der Waals surface area contributed by atoms with Gasteiger partial charge in [0, 0.05) is 6.42 Å². The van der Waals surface area contributed by atoms with Crippen LogP contribution in [0.4, 0.5) is 0 Å². The number of hydrogen-bond acceptors (Lipinski definition) is 4. The molecule has 0 saturated heterocycles. The number of methoxy groups -OCH3 is 1. The lowest BCUT2D eigenvalue weighted by Crippen LogP contribution is -2.39. The van der Waals surface area contributed by atoms with Gasteiger partial charge >= 0.3 is 5.97 Å². The van der Waals surface area contributed by atoms with Crippen LogP contribution in [-0.2, 0) is 14.3 Å². The first-order valence-corrected chi connectivity index (χ1v) is 8.85. The summed E-state index contributed by atoms with van der Waals surface area (Å²) in [5.41, 5.74) is 5.49. The number of hydrogen-bond donors (Lipinski definition) is 1. The molecule has 1 atom stereocenters. The highest BCUT2D eigenvalue weighted by Crippen LogP contribution is 2.13. The van der Waals surface area contributed by atoms with Gasteiger partial charge in [-0.05, 0) is 12.3 Å². The summed E-state index contributed by atoms with van der Waals surface area (Å²) in [4.78, 5) is 22.7. The maximum absolute atomic E-state index is 11.6. The second-order valence-corrected chi connectivity index (χ2v) is 6.58. The van der Waals surface area contributed by atoms with Crippen LogP contribution in [0.5, 0.6) is 0 Å². The fourth-order valence-corrected chi connectivity index (χ4v) is 2.50. The molecule has 22 heavy (non-hydrogen) atoms. The van der Waals surface area contributed by atoms with Crippen molar-refractivity contribution in [3.05, 3.63) is 0 Å². The van der Waals surface area contributed by atoms with Crippen molar-refractivity contribution in [2.24, 2.45) is 11.7 Å². The van der Waals surface area contributed by atoms with Gasteiger partial charge < -0.3 is 10.5 Å². The number of esters is 1. The zero-order valence-corrected chi connectivity index (χ0v) is 14.7. The number of carbonyl (C=O) groups is 2. The van der Waals surface area contributed by atoms with Crippen LogP contribution in [0.15, 0.2) is 0 Å². The predicted molar refractivity (Wildman–Crippen MR) is 90.6 cm³/mol. The molecule has 1 unspecified atom stereocenters. The molecular formula is C18H35NO3. The zero-order chi connectivity index (χ0) is 16.8. The molecule has 0 aliphatic heterocycles. The van der Waals surface area contributed by atoms with E-state index < -0.39 is 12.0 Å². The van der Waals surface area contributed by atoms with E-state index in [-0.39, 0.29) is 5.78 Å². The van der Waals surface area contributed by atoms with Gasteiger partial charge in [0.2, 0.25) is 0 Å². The van der Waals surface area contributed by atoms with E-state index in [1.54, 1.807) is 0 Å². The zero-order valence-electron chi connectivity index (χ0n) is 14.7. The minimum absolute atomic E-state index is 0.211. The van der Waals surface area contributed by atoms with E-state index in [1.807, 2.05) is 0 Å². The lowest BCUT2D eigenvalue weighted by Gasteiger charge is -2.08. The number of unbranched alkanes of at least 4 members (excludes halogenated alkanes) is 8. The number of carbonyl (C=O) groups excluding carboxylic acids is 2. The van der Waals surface area contributed by atoms with E-state index in [0.717, 1.165) is 25.2 Å². The van der Waals surface area contributed by atoms with Crippen molar-refractivity contribution in [2.75, 3.05) is 7.11 Å². The summed E-state index contributed by atoms with van der Waals surface area (Å²) in [5, 5.41) is 0. The molecule has 0 saturated carbocycles. The van der Waals surface area contributed by atoms with Crippen LogP contribution >= 0.6 is 0 Å². The van der Waals surface area contributed by atoms with Crippen molar-refractivity contribution in [3.8, 4) is 0 Å². The molecular weight excluding hydrogens is 278 g/mol. The van der Waals surface area contributed by atoms with Crippen LogP contribution in [0, 0.1) is 5.92 Å². The SMILES string of the molecule is COC(=O)C(N)C(=O)CCCCCCCCCCCC(C)C. The van der Waals surface area contributed by atoms with Crippen LogP contribution in [0.25, 0.3) is 0 Å². The maximum atomic E-state index is 11.6. The van der Waals surface area contributed by atoms with Gasteiger partial charge in [-0.2, -0.15) is 0 Å². The molecule has 0 amide bonds. The second kappa shape index (κ2) is 13.7. The van der Waals surface area contributed by atoms with E-state index in [4.69, 9.17) is 5.73 Å². The van der Waals surface area contributed by atoms with Crippen LogP contribution in [-0.4, -0.2) is 24.9 Å². The highest BCUT2D eigenvalue weighted by atomic mass is 16.5. The minimum atomic E-state index is -1.10. The monoisotopic (exact) mass is 313 g/mol. The third kappa shape index (κ3) is 11.7. The van der Waals surface area contributed by atoms with E-state index in [1.165, 1.54) is 52.1 Å². The van der Waals surface area contributed by atoms with Gasteiger partial charge in [0.15, 0.2) is 11.8 Å². The van der Waals surface area contributed by atoms with Crippen LogP contribution in [0.1, 0.15) is 84.5 Å². The van der Waals surface area contributed by atoms with E-state index in [0.29, 0.717) is 6.42 Å².